The minimum atomic E-state index is -3.06. The van der Waals surface area contributed by atoms with Crippen LogP contribution < -0.4 is 0 Å². The van der Waals surface area contributed by atoms with E-state index >= 15 is 0 Å². The summed E-state index contributed by atoms with van der Waals surface area (Å²) < 4.78 is 24.8. The molecule has 1 saturated heterocycles. The Morgan fingerprint density at radius 1 is 1.25 bits per heavy atom. The summed E-state index contributed by atoms with van der Waals surface area (Å²) >= 11 is 1.66. The van der Waals surface area contributed by atoms with Gasteiger partial charge in [-0.1, -0.05) is 32.9 Å². The van der Waals surface area contributed by atoms with Crippen LogP contribution in [0.5, 0.6) is 0 Å². The van der Waals surface area contributed by atoms with E-state index in [1.807, 2.05) is 38.1 Å². The maximum absolute atomic E-state index is 12.8. The molecule has 0 N–H and O–H groups in total. The van der Waals surface area contributed by atoms with E-state index in [1.165, 1.54) is 0 Å². The Morgan fingerprint density at radius 3 is 2.46 bits per heavy atom. The highest BCUT2D eigenvalue weighted by Gasteiger charge is 2.32. The van der Waals surface area contributed by atoms with Gasteiger partial charge in [0.2, 0.25) is 0 Å². The molecular weight excluding hydrogens is 342 g/mol. The summed E-state index contributed by atoms with van der Waals surface area (Å²) in [7, 11) is -3.06. The van der Waals surface area contributed by atoms with Crippen LogP contribution in [0.15, 0.2) is 29.2 Å². The number of hydrogen-bond donors (Lipinski definition) is 0. The molecule has 1 heterocycles. The summed E-state index contributed by atoms with van der Waals surface area (Å²) in [5, 5.41) is -0.302. The van der Waals surface area contributed by atoms with Crippen LogP contribution in [0.2, 0.25) is 0 Å². The number of amides is 1. The Kier molecular flexibility index (Phi) is 6.75. The monoisotopic (exact) mass is 369 g/mol. The molecule has 1 aliphatic rings. The van der Waals surface area contributed by atoms with E-state index < -0.39 is 9.84 Å². The molecule has 0 bridgehead atoms. The molecule has 0 radical (unpaired) electrons. The van der Waals surface area contributed by atoms with Crippen LogP contribution in [0.25, 0.3) is 0 Å². The van der Waals surface area contributed by atoms with Crippen molar-refractivity contribution in [2.75, 3.05) is 24.6 Å². The van der Waals surface area contributed by atoms with Crippen molar-refractivity contribution < 1.29 is 13.2 Å². The van der Waals surface area contributed by atoms with E-state index in [0.29, 0.717) is 25.9 Å². The van der Waals surface area contributed by atoms with Crippen molar-refractivity contribution in [3.05, 3.63) is 29.8 Å². The highest BCUT2D eigenvalue weighted by Crippen LogP contribution is 2.26. The summed E-state index contributed by atoms with van der Waals surface area (Å²) in [6.45, 7) is 6.96. The molecule has 1 aliphatic heterocycles. The SMILES string of the molecule is CCSc1ccccc1C(=O)N1CCC(S(=O)(=O)CC(C)C)CC1. The lowest BCUT2D eigenvalue weighted by Crippen LogP contribution is -2.43. The third-order valence-corrected chi connectivity index (χ3v) is 7.79. The number of hydrogen-bond acceptors (Lipinski definition) is 4. The molecular formula is C18H27NO3S2. The van der Waals surface area contributed by atoms with E-state index in [9.17, 15) is 13.2 Å². The normalized spacial score (nSPS) is 16.6. The summed E-state index contributed by atoms with van der Waals surface area (Å²) in [5.41, 5.74) is 0.729. The zero-order valence-electron chi connectivity index (χ0n) is 14.7. The molecule has 134 valence electrons. The van der Waals surface area contributed by atoms with Gasteiger partial charge in [-0.2, -0.15) is 0 Å². The smallest absolute Gasteiger partial charge is 0.254 e. The average Bonchev–Trinajstić information content (AvgIpc) is 2.54. The quantitative estimate of drug-likeness (QED) is 0.721. The molecule has 0 saturated carbocycles. The second-order valence-electron chi connectivity index (χ2n) is 6.64. The van der Waals surface area contributed by atoms with Gasteiger partial charge < -0.3 is 4.90 Å². The molecule has 24 heavy (non-hydrogen) atoms. The van der Waals surface area contributed by atoms with Gasteiger partial charge in [-0.3, -0.25) is 4.79 Å². The average molecular weight is 370 g/mol. The molecule has 1 aromatic carbocycles. The van der Waals surface area contributed by atoms with Gasteiger partial charge in [-0.25, -0.2) is 8.42 Å². The van der Waals surface area contributed by atoms with Gasteiger partial charge in [0, 0.05) is 18.0 Å². The number of carbonyl (C=O) groups excluding carboxylic acids is 1. The van der Waals surface area contributed by atoms with Gasteiger partial charge in [-0.05, 0) is 36.6 Å². The number of thioether (sulfide) groups is 1. The molecule has 1 amide bonds. The largest absolute Gasteiger partial charge is 0.339 e. The molecule has 0 aromatic heterocycles. The van der Waals surface area contributed by atoms with Gasteiger partial charge in [0.15, 0.2) is 9.84 Å². The lowest BCUT2D eigenvalue weighted by atomic mass is 10.1. The van der Waals surface area contributed by atoms with Crippen LogP contribution in [0.4, 0.5) is 0 Å². The van der Waals surface area contributed by atoms with Crippen LogP contribution in [0.3, 0.4) is 0 Å². The number of likely N-dealkylation sites (tertiary alicyclic amines) is 1. The van der Waals surface area contributed by atoms with Gasteiger partial charge in [0.05, 0.1) is 16.6 Å². The first-order chi connectivity index (χ1) is 11.3. The van der Waals surface area contributed by atoms with Crippen LogP contribution in [0.1, 0.15) is 44.0 Å². The summed E-state index contributed by atoms with van der Waals surface area (Å²) in [6.07, 6.45) is 1.09. The first-order valence-corrected chi connectivity index (χ1v) is 11.3. The number of sulfone groups is 1. The first-order valence-electron chi connectivity index (χ1n) is 8.57. The highest BCUT2D eigenvalue weighted by atomic mass is 32.2. The van der Waals surface area contributed by atoms with E-state index in [0.717, 1.165) is 16.2 Å². The fourth-order valence-electron chi connectivity index (χ4n) is 3.11. The third-order valence-electron chi connectivity index (χ3n) is 4.22. The van der Waals surface area contributed by atoms with Gasteiger partial charge in [-0.15, -0.1) is 11.8 Å². The van der Waals surface area contributed by atoms with E-state index in [4.69, 9.17) is 0 Å². The Hall–Kier alpha value is -1.01. The van der Waals surface area contributed by atoms with Gasteiger partial charge in [0.25, 0.3) is 5.91 Å². The standard InChI is InChI=1S/C18H27NO3S2/c1-4-23-17-8-6-5-7-16(17)18(20)19-11-9-15(10-12-19)24(21,22)13-14(2)3/h5-8,14-15H,4,9-13H2,1-3H3. The minimum absolute atomic E-state index is 0.0197. The molecule has 0 unspecified atom stereocenters. The van der Waals surface area contributed by atoms with Crippen LogP contribution in [-0.4, -0.2) is 49.1 Å². The second-order valence-corrected chi connectivity index (χ2v) is 10.3. The van der Waals surface area contributed by atoms with Crippen LogP contribution in [-0.2, 0) is 9.84 Å². The summed E-state index contributed by atoms with van der Waals surface area (Å²) in [4.78, 5) is 15.6. The fraction of sp³-hybridized carbons (Fsp3) is 0.611. The van der Waals surface area contributed by atoms with Crippen molar-refractivity contribution in [3.63, 3.8) is 0 Å². The van der Waals surface area contributed by atoms with Crippen molar-refractivity contribution >= 4 is 27.5 Å². The molecule has 2 rings (SSSR count). The number of piperidine rings is 1. The van der Waals surface area contributed by atoms with Crippen LogP contribution >= 0.6 is 11.8 Å². The van der Waals surface area contributed by atoms with Crippen molar-refractivity contribution in [3.8, 4) is 0 Å². The first kappa shape index (κ1) is 19.3. The Labute approximate surface area is 149 Å². The zero-order chi connectivity index (χ0) is 17.7. The number of benzene rings is 1. The Morgan fingerprint density at radius 2 is 1.88 bits per heavy atom. The van der Waals surface area contributed by atoms with Crippen molar-refractivity contribution in [1.29, 1.82) is 0 Å². The minimum Gasteiger partial charge on any atom is -0.339 e. The van der Waals surface area contributed by atoms with Gasteiger partial charge >= 0.3 is 0 Å². The van der Waals surface area contributed by atoms with Crippen LogP contribution in [0, 0.1) is 5.92 Å². The van der Waals surface area contributed by atoms with Crippen molar-refractivity contribution in [1.82, 2.24) is 4.90 Å². The van der Waals surface area contributed by atoms with E-state index in [-0.39, 0.29) is 22.8 Å². The van der Waals surface area contributed by atoms with Gasteiger partial charge in [0.1, 0.15) is 0 Å². The molecule has 0 aliphatic carbocycles. The molecule has 0 atom stereocenters. The van der Waals surface area contributed by atoms with E-state index in [2.05, 4.69) is 6.92 Å². The number of rotatable bonds is 6. The molecule has 6 heteroatoms. The maximum atomic E-state index is 12.8. The predicted molar refractivity (Wildman–Crippen MR) is 100 cm³/mol. The zero-order valence-corrected chi connectivity index (χ0v) is 16.3. The Bertz CT molecular complexity index is 663. The summed E-state index contributed by atoms with van der Waals surface area (Å²) in [5.74, 6) is 1.32. The molecule has 1 fully saturated rings. The summed E-state index contributed by atoms with van der Waals surface area (Å²) in [6, 6.07) is 7.66. The number of nitrogens with zero attached hydrogens (tertiary/aromatic N) is 1. The highest BCUT2D eigenvalue weighted by molar-refractivity contribution is 7.99. The van der Waals surface area contributed by atoms with E-state index in [1.54, 1.807) is 16.7 Å². The predicted octanol–water partition coefficient (Wildman–Crippen LogP) is 3.47. The molecule has 0 spiro atoms. The lowest BCUT2D eigenvalue weighted by Gasteiger charge is -2.32. The molecule has 4 nitrogen and oxygen atoms in total. The van der Waals surface area contributed by atoms with Crippen molar-refractivity contribution in [2.45, 2.75) is 43.8 Å². The fourth-order valence-corrected chi connectivity index (χ4v) is 6.04. The number of carbonyl (C=O) groups is 1. The second kappa shape index (κ2) is 8.39. The van der Waals surface area contributed by atoms with Crippen molar-refractivity contribution in [2.24, 2.45) is 5.92 Å². The molecule has 1 aromatic rings. The lowest BCUT2D eigenvalue weighted by molar-refractivity contribution is 0.0722. The maximum Gasteiger partial charge on any atom is 0.254 e. The Balaban J connectivity index is 2.03. The third kappa shape index (κ3) is 4.76. The topological polar surface area (TPSA) is 54.5 Å².